The van der Waals surface area contributed by atoms with Crippen molar-refractivity contribution in [3.05, 3.63) is 53.6 Å². The Morgan fingerprint density at radius 1 is 0.926 bits per heavy atom. The highest BCUT2D eigenvalue weighted by Gasteiger charge is 2.18. The quantitative estimate of drug-likeness (QED) is 0.698. The van der Waals surface area contributed by atoms with Crippen molar-refractivity contribution in [1.82, 2.24) is 4.72 Å². The molecule has 0 spiro atoms. The summed E-state index contributed by atoms with van der Waals surface area (Å²) in [4.78, 5) is 0.170. The molecule has 0 atom stereocenters. The molecule has 2 aromatic rings. The Kier molecular flexibility index (Phi) is 6.67. The lowest BCUT2D eigenvalue weighted by molar-refractivity contribution is 0.586. The van der Waals surface area contributed by atoms with E-state index >= 15 is 0 Å². The molecule has 0 aromatic heterocycles. The van der Waals surface area contributed by atoms with Crippen LogP contribution in [-0.2, 0) is 26.5 Å². The summed E-state index contributed by atoms with van der Waals surface area (Å²) in [5.74, 6) is 0.583. The maximum atomic E-state index is 12.6. The van der Waals surface area contributed by atoms with E-state index in [4.69, 9.17) is 0 Å². The van der Waals surface area contributed by atoms with E-state index in [1.54, 1.807) is 31.2 Å². The summed E-state index contributed by atoms with van der Waals surface area (Å²) in [6, 6.07) is 11.2. The molecule has 0 saturated heterocycles. The van der Waals surface area contributed by atoms with Crippen LogP contribution in [-0.4, -0.2) is 23.9 Å². The van der Waals surface area contributed by atoms with E-state index < -0.39 is 20.0 Å². The second kappa shape index (κ2) is 8.41. The van der Waals surface area contributed by atoms with Gasteiger partial charge >= 0.3 is 0 Å². The van der Waals surface area contributed by atoms with Gasteiger partial charge in [0.15, 0.2) is 0 Å². The zero-order valence-electron chi connectivity index (χ0n) is 16.0. The third-order valence-corrected chi connectivity index (χ3v) is 7.20. The minimum atomic E-state index is -3.81. The monoisotopic (exact) mass is 410 g/mol. The number of benzene rings is 2. The van der Waals surface area contributed by atoms with Crippen LogP contribution in [0.1, 0.15) is 31.4 Å². The molecular formula is C19H26N2O4S2. The van der Waals surface area contributed by atoms with Gasteiger partial charge in [-0.3, -0.25) is 4.72 Å². The normalized spacial score (nSPS) is 12.3. The molecule has 0 aliphatic carbocycles. The zero-order chi connectivity index (χ0) is 20.2. The summed E-state index contributed by atoms with van der Waals surface area (Å²) < 4.78 is 54.1. The van der Waals surface area contributed by atoms with Gasteiger partial charge in [0, 0.05) is 0 Å². The molecule has 6 nitrogen and oxygen atoms in total. The Hall–Kier alpha value is -1.90. The Morgan fingerprint density at radius 2 is 1.56 bits per heavy atom. The topological polar surface area (TPSA) is 92.3 Å². The summed E-state index contributed by atoms with van der Waals surface area (Å²) in [5.41, 5.74) is 1.81. The highest BCUT2D eigenvalue weighted by molar-refractivity contribution is 7.92. The molecule has 2 rings (SSSR count). The number of nitrogens with one attached hydrogen (secondary N) is 2. The molecule has 0 saturated carbocycles. The molecule has 2 N–H and O–H groups in total. The Balaban J connectivity index is 2.25. The van der Waals surface area contributed by atoms with Crippen LogP contribution in [0.2, 0.25) is 0 Å². The van der Waals surface area contributed by atoms with Gasteiger partial charge in [-0.1, -0.05) is 32.0 Å². The molecule has 0 aliphatic heterocycles. The van der Waals surface area contributed by atoms with Gasteiger partial charge in [0.05, 0.1) is 15.5 Å². The number of hydrogen-bond donors (Lipinski definition) is 2. The Bertz CT molecular complexity index is 997. The van der Waals surface area contributed by atoms with Crippen molar-refractivity contribution >= 4 is 25.7 Å². The van der Waals surface area contributed by atoms with Crippen LogP contribution in [0, 0.1) is 12.8 Å². The number of hydrogen-bond acceptors (Lipinski definition) is 4. The van der Waals surface area contributed by atoms with Gasteiger partial charge in [-0.2, -0.15) is 0 Å². The molecule has 8 heteroatoms. The fourth-order valence-electron chi connectivity index (χ4n) is 2.57. The van der Waals surface area contributed by atoms with Crippen molar-refractivity contribution in [3.63, 3.8) is 0 Å². The first-order chi connectivity index (χ1) is 12.5. The molecule has 0 heterocycles. The summed E-state index contributed by atoms with van der Waals surface area (Å²) in [6.45, 7) is 5.94. The first-order valence-corrected chi connectivity index (χ1v) is 11.7. The third-order valence-electron chi connectivity index (χ3n) is 4.24. The van der Waals surface area contributed by atoms with E-state index in [0.717, 1.165) is 18.4 Å². The van der Waals surface area contributed by atoms with E-state index in [1.165, 1.54) is 13.1 Å². The number of anilines is 1. The van der Waals surface area contributed by atoms with E-state index in [2.05, 4.69) is 23.3 Å². The highest BCUT2D eigenvalue weighted by atomic mass is 32.2. The van der Waals surface area contributed by atoms with Gasteiger partial charge in [-0.25, -0.2) is 21.6 Å². The minimum absolute atomic E-state index is 0.0363. The predicted molar refractivity (Wildman–Crippen MR) is 108 cm³/mol. The second-order valence-corrected chi connectivity index (χ2v) is 10.4. The molecule has 148 valence electrons. The number of rotatable bonds is 8. The van der Waals surface area contributed by atoms with Gasteiger partial charge in [-0.15, -0.1) is 0 Å². The summed E-state index contributed by atoms with van der Waals surface area (Å²) in [7, 11) is -6.17. The average molecular weight is 411 g/mol. The predicted octanol–water partition coefficient (Wildman–Crippen LogP) is 3.29. The summed E-state index contributed by atoms with van der Waals surface area (Å²) in [5, 5.41) is 0. The van der Waals surface area contributed by atoms with Crippen molar-refractivity contribution in [2.75, 3.05) is 11.8 Å². The molecule has 0 aliphatic rings. The maximum Gasteiger partial charge on any atom is 0.261 e. The molecule has 0 radical (unpaired) electrons. The molecule has 0 bridgehead atoms. The molecule has 27 heavy (non-hydrogen) atoms. The minimum Gasteiger partial charge on any atom is -0.280 e. The first kappa shape index (κ1) is 21.4. The first-order valence-electron chi connectivity index (χ1n) is 8.71. The highest BCUT2D eigenvalue weighted by Crippen LogP contribution is 2.23. The Morgan fingerprint density at radius 3 is 2.11 bits per heavy atom. The van der Waals surface area contributed by atoms with Gasteiger partial charge in [-0.05, 0) is 68.1 Å². The zero-order valence-corrected chi connectivity index (χ0v) is 17.6. The van der Waals surface area contributed by atoms with Gasteiger partial charge < -0.3 is 0 Å². The van der Waals surface area contributed by atoms with Gasteiger partial charge in [0.1, 0.15) is 0 Å². The summed E-state index contributed by atoms with van der Waals surface area (Å²) in [6.07, 6.45) is 1.94. The van der Waals surface area contributed by atoms with Gasteiger partial charge in [0.25, 0.3) is 10.0 Å². The lowest BCUT2D eigenvalue weighted by Crippen LogP contribution is -2.20. The molecule has 0 unspecified atom stereocenters. The molecule has 0 amide bonds. The van der Waals surface area contributed by atoms with E-state index in [-0.39, 0.29) is 15.5 Å². The van der Waals surface area contributed by atoms with E-state index in [0.29, 0.717) is 11.5 Å². The van der Waals surface area contributed by atoms with Crippen molar-refractivity contribution in [2.24, 2.45) is 5.92 Å². The largest absolute Gasteiger partial charge is 0.280 e. The van der Waals surface area contributed by atoms with Crippen LogP contribution >= 0.6 is 0 Å². The van der Waals surface area contributed by atoms with Crippen LogP contribution in [0.15, 0.2) is 52.3 Å². The SMILES string of the molecule is CNS(=O)(=O)c1cc(NS(=O)(=O)c2ccc(CCC(C)C)cc2)ccc1C. The van der Waals surface area contributed by atoms with Crippen molar-refractivity contribution in [1.29, 1.82) is 0 Å². The third kappa shape index (κ3) is 5.54. The lowest BCUT2D eigenvalue weighted by atomic mass is 10.0. The fraction of sp³-hybridized carbons (Fsp3) is 0.368. The second-order valence-electron chi connectivity index (χ2n) is 6.87. The van der Waals surface area contributed by atoms with Crippen molar-refractivity contribution < 1.29 is 16.8 Å². The molecular weight excluding hydrogens is 384 g/mol. The van der Waals surface area contributed by atoms with E-state index in [9.17, 15) is 16.8 Å². The van der Waals surface area contributed by atoms with Crippen molar-refractivity contribution in [3.8, 4) is 0 Å². The van der Waals surface area contributed by atoms with Crippen LogP contribution in [0.3, 0.4) is 0 Å². The van der Waals surface area contributed by atoms with Gasteiger partial charge in [0.2, 0.25) is 10.0 Å². The van der Waals surface area contributed by atoms with E-state index in [1.807, 2.05) is 12.1 Å². The molecule has 2 aromatic carbocycles. The van der Waals surface area contributed by atoms with Crippen LogP contribution in [0.25, 0.3) is 0 Å². The van der Waals surface area contributed by atoms with Crippen LogP contribution in [0.4, 0.5) is 5.69 Å². The average Bonchev–Trinajstić information content (AvgIpc) is 2.61. The van der Waals surface area contributed by atoms with Crippen LogP contribution in [0.5, 0.6) is 0 Å². The fourth-order valence-corrected chi connectivity index (χ4v) is 4.61. The number of sulfonamides is 2. The van der Waals surface area contributed by atoms with Crippen LogP contribution < -0.4 is 9.44 Å². The lowest BCUT2D eigenvalue weighted by Gasteiger charge is -2.12. The smallest absolute Gasteiger partial charge is 0.261 e. The Labute approximate surface area is 162 Å². The summed E-state index contributed by atoms with van der Waals surface area (Å²) >= 11 is 0. The number of aryl methyl sites for hydroxylation is 2. The van der Waals surface area contributed by atoms with Crippen molar-refractivity contribution in [2.45, 2.75) is 43.4 Å². The molecule has 0 fully saturated rings. The maximum absolute atomic E-state index is 12.6. The standard InChI is InChI=1S/C19H26N2O4S2/c1-14(2)5-7-16-8-11-18(12-9-16)26(22,23)21-17-10-6-15(3)19(13-17)27(24,25)20-4/h6,8-14,20-21H,5,7H2,1-4H3.